The van der Waals surface area contributed by atoms with Gasteiger partial charge < -0.3 is 5.32 Å². The molecule has 0 radical (unpaired) electrons. The average molecular weight is 177 g/mol. The third-order valence-electron chi connectivity index (χ3n) is 0.354. The van der Waals surface area contributed by atoms with E-state index < -0.39 is 0 Å². The third-order valence-corrected chi connectivity index (χ3v) is 0.354. The molecule has 1 N–H and O–H groups in total. The maximum absolute atomic E-state index is 2.93. The van der Waals surface area contributed by atoms with Crippen LogP contribution in [0.3, 0.4) is 0 Å². The fourth-order valence-electron chi connectivity index (χ4n) is 0. The number of nitrogens with one attached hydrogen (secondary N) is 1. The van der Waals surface area contributed by atoms with Gasteiger partial charge in [-0.05, 0) is 13.6 Å². The molecule has 1 nitrogen and oxygen atoms in total. The zero-order valence-corrected chi connectivity index (χ0v) is 10.6. The highest BCUT2D eigenvalue weighted by Gasteiger charge is 1.50. The summed E-state index contributed by atoms with van der Waals surface area (Å²) in [5, 5.41) is 2.93. The topological polar surface area (TPSA) is 12.0 Å². The fraction of sp³-hybridized carbons (Fsp3) is 1.00. The van der Waals surface area contributed by atoms with Gasteiger partial charge in [-0.2, -0.15) is 0 Å². The summed E-state index contributed by atoms with van der Waals surface area (Å²) in [4.78, 5) is 0. The number of hydrogen-bond donors (Lipinski definition) is 1. The normalized spacial score (nSPS) is 6.00. The summed E-state index contributed by atoms with van der Waals surface area (Å²) in [6.07, 6.45) is 2.50. The summed E-state index contributed by atoms with van der Waals surface area (Å²) in [5.74, 6) is 0. The van der Waals surface area contributed by atoms with Crippen molar-refractivity contribution in [3.8, 4) is 0 Å². The Morgan fingerprint density at radius 2 is 0.833 bits per heavy atom. The predicted molar refractivity (Wildman–Crippen MR) is 62.9 cm³/mol. The summed E-state index contributed by atoms with van der Waals surface area (Å²) >= 11 is 0. The van der Waals surface area contributed by atoms with E-state index in [2.05, 4.69) is 39.9 Å². The van der Waals surface area contributed by atoms with Crippen molar-refractivity contribution >= 4 is 0 Å². The molecule has 0 atom stereocenters. The van der Waals surface area contributed by atoms with Gasteiger partial charge in [-0.1, -0.05) is 61.3 Å². The molecule has 0 aromatic heterocycles. The zero-order chi connectivity index (χ0) is 10.8. The molecule has 0 amide bonds. The van der Waals surface area contributed by atoms with Gasteiger partial charge in [0.15, 0.2) is 0 Å². The maximum Gasteiger partial charge on any atom is -0.00804 e. The number of rotatable bonds is 1. The molecule has 0 aliphatic carbocycles. The lowest BCUT2D eigenvalue weighted by atomic mass is 10.6. The van der Waals surface area contributed by atoms with Crippen molar-refractivity contribution in [1.29, 1.82) is 0 Å². The molecule has 0 aromatic rings. The minimum absolute atomic E-state index is 1.07. The largest absolute Gasteiger partial charge is 0.320 e. The molecular formula is C11H31N. The molecule has 1 heteroatoms. The van der Waals surface area contributed by atoms with Gasteiger partial charge in [0, 0.05) is 0 Å². The molecule has 0 saturated heterocycles. The first-order chi connectivity index (χ1) is 5.74. The van der Waals surface area contributed by atoms with Crippen LogP contribution in [-0.2, 0) is 0 Å². The quantitative estimate of drug-likeness (QED) is 0.636. The van der Waals surface area contributed by atoms with Crippen molar-refractivity contribution in [2.45, 2.75) is 61.3 Å². The van der Waals surface area contributed by atoms with Gasteiger partial charge in [-0.15, -0.1) is 0 Å². The lowest BCUT2D eigenvalue weighted by molar-refractivity contribution is 0.864. The van der Waals surface area contributed by atoms with Crippen LogP contribution >= 0.6 is 0 Å². The van der Waals surface area contributed by atoms with Crippen LogP contribution in [0.15, 0.2) is 0 Å². The molecule has 80 valence electrons. The van der Waals surface area contributed by atoms with E-state index >= 15 is 0 Å². The Hall–Kier alpha value is -0.0400. The summed E-state index contributed by atoms with van der Waals surface area (Å²) in [7, 11) is 1.93. The van der Waals surface area contributed by atoms with Crippen LogP contribution in [0.1, 0.15) is 61.3 Å². The van der Waals surface area contributed by atoms with Gasteiger partial charge in [0.2, 0.25) is 0 Å². The van der Waals surface area contributed by atoms with Gasteiger partial charge >= 0.3 is 0 Å². The lowest BCUT2D eigenvalue weighted by Crippen LogP contribution is -2.01. The van der Waals surface area contributed by atoms with Gasteiger partial charge in [0.25, 0.3) is 0 Å². The first-order valence-corrected chi connectivity index (χ1v) is 5.39. The second kappa shape index (κ2) is 69.3. The van der Waals surface area contributed by atoms with E-state index in [1.807, 2.05) is 20.9 Å². The highest BCUT2D eigenvalue weighted by Crippen LogP contribution is 1.56. The Kier molecular flexibility index (Phi) is 131. The smallest absolute Gasteiger partial charge is 0.00804 e. The van der Waals surface area contributed by atoms with Gasteiger partial charge in [0.05, 0.1) is 0 Å². The molecule has 0 fully saturated rings. The SMILES string of the molecule is CC.CCC.CCC.CCNC. The average Bonchev–Trinajstić information content (AvgIpc) is 2.10. The molecule has 0 unspecified atom stereocenters. The molecule has 0 bridgehead atoms. The summed E-state index contributed by atoms with van der Waals surface area (Å²) in [6.45, 7) is 15.6. The van der Waals surface area contributed by atoms with Crippen molar-refractivity contribution in [3.05, 3.63) is 0 Å². The van der Waals surface area contributed by atoms with Gasteiger partial charge in [-0.3, -0.25) is 0 Å². The Morgan fingerprint density at radius 3 is 0.833 bits per heavy atom. The highest BCUT2D eigenvalue weighted by atomic mass is 14.8. The molecular weight excluding hydrogens is 146 g/mol. The van der Waals surface area contributed by atoms with Crippen LogP contribution in [-0.4, -0.2) is 13.6 Å². The molecule has 0 aliphatic heterocycles. The zero-order valence-electron chi connectivity index (χ0n) is 10.6. The van der Waals surface area contributed by atoms with E-state index in [-0.39, 0.29) is 0 Å². The minimum atomic E-state index is 1.07. The van der Waals surface area contributed by atoms with E-state index in [9.17, 15) is 0 Å². The first kappa shape index (κ1) is 22.7. The monoisotopic (exact) mass is 177 g/mol. The van der Waals surface area contributed by atoms with E-state index in [1.54, 1.807) is 0 Å². The molecule has 0 aliphatic rings. The second-order valence-electron chi connectivity index (χ2n) is 2.12. The van der Waals surface area contributed by atoms with Gasteiger partial charge in [-0.25, -0.2) is 0 Å². The summed E-state index contributed by atoms with van der Waals surface area (Å²) in [6, 6.07) is 0. The van der Waals surface area contributed by atoms with Crippen molar-refractivity contribution in [3.63, 3.8) is 0 Å². The minimum Gasteiger partial charge on any atom is -0.320 e. The van der Waals surface area contributed by atoms with E-state index in [4.69, 9.17) is 0 Å². The van der Waals surface area contributed by atoms with Crippen LogP contribution in [0.4, 0.5) is 0 Å². The number of hydrogen-bond acceptors (Lipinski definition) is 1. The Labute approximate surface area is 81.0 Å². The molecule has 0 spiro atoms. The summed E-state index contributed by atoms with van der Waals surface area (Å²) < 4.78 is 0. The van der Waals surface area contributed by atoms with Crippen LogP contribution < -0.4 is 5.32 Å². The Morgan fingerprint density at radius 1 is 0.750 bits per heavy atom. The molecule has 0 saturated carbocycles. The van der Waals surface area contributed by atoms with Crippen LogP contribution in [0, 0.1) is 0 Å². The van der Waals surface area contributed by atoms with Crippen molar-refractivity contribution < 1.29 is 0 Å². The van der Waals surface area contributed by atoms with E-state index in [1.165, 1.54) is 12.8 Å². The molecule has 0 aromatic carbocycles. The molecule has 12 heavy (non-hydrogen) atoms. The predicted octanol–water partition coefficient (Wildman–Crippen LogP) is 4.08. The first-order valence-electron chi connectivity index (χ1n) is 5.39. The highest BCUT2D eigenvalue weighted by molar-refractivity contribution is 4.15. The lowest BCUT2D eigenvalue weighted by Gasteiger charge is -1.76. The van der Waals surface area contributed by atoms with Gasteiger partial charge in [0.1, 0.15) is 0 Å². The maximum atomic E-state index is 2.93. The fourth-order valence-corrected chi connectivity index (χ4v) is 0. The van der Waals surface area contributed by atoms with E-state index in [0.717, 1.165) is 6.54 Å². The van der Waals surface area contributed by atoms with E-state index in [0.29, 0.717) is 0 Å². The van der Waals surface area contributed by atoms with Crippen LogP contribution in [0.5, 0.6) is 0 Å². The third kappa shape index (κ3) is 868. The Bertz CT molecular complexity index is 17.0. The second-order valence-corrected chi connectivity index (χ2v) is 2.12. The van der Waals surface area contributed by atoms with Crippen LogP contribution in [0.25, 0.3) is 0 Å². The van der Waals surface area contributed by atoms with Crippen molar-refractivity contribution in [2.24, 2.45) is 0 Å². The van der Waals surface area contributed by atoms with Crippen LogP contribution in [0.2, 0.25) is 0 Å². The van der Waals surface area contributed by atoms with Crippen molar-refractivity contribution in [1.82, 2.24) is 5.32 Å². The standard InChI is InChI=1S/C3H9N.2C3H8.C2H6/c1-3-4-2;2*1-3-2;1-2/h4H,3H2,1-2H3;2*3H2,1-2H3;1-2H3. The molecule has 0 rings (SSSR count). The Balaban J connectivity index is -0.0000000368. The molecule has 0 heterocycles. The summed E-state index contributed by atoms with van der Waals surface area (Å²) in [5.41, 5.74) is 0. The van der Waals surface area contributed by atoms with Crippen molar-refractivity contribution in [2.75, 3.05) is 13.6 Å².